The fraction of sp³-hybridized carbons (Fsp3) is 0.714. The number of nitrogens with one attached hydrogen (secondary N) is 2. The van der Waals surface area contributed by atoms with Crippen LogP contribution in [0.1, 0.15) is 38.1 Å². The number of thioether (sulfide) groups is 1. The van der Waals surface area contributed by atoms with E-state index in [1.807, 2.05) is 0 Å². The second kappa shape index (κ2) is 7.20. The van der Waals surface area contributed by atoms with E-state index in [9.17, 15) is 9.59 Å². The van der Waals surface area contributed by atoms with Crippen LogP contribution in [-0.2, 0) is 4.79 Å². The third-order valence-electron chi connectivity index (χ3n) is 4.01. The summed E-state index contributed by atoms with van der Waals surface area (Å²) in [5.41, 5.74) is 0. The number of anilines is 1. The molecule has 0 aromatic carbocycles. The number of nitrogens with zero attached hydrogens (tertiary/aromatic N) is 4. The van der Waals surface area contributed by atoms with Gasteiger partial charge in [-0.2, -0.15) is 0 Å². The number of imide groups is 1. The summed E-state index contributed by atoms with van der Waals surface area (Å²) in [5, 5.41) is 14.0. The first-order valence-corrected chi connectivity index (χ1v) is 9.02. The lowest BCUT2D eigenvalue weighted by molar-refractivity contribution is -0.117. The third-order valence-corrected chi connectivity index (χ3v) is 4.95. The van der Waals surface area contributed by atoms with E-state index in [1.165, 1.54) is 38.1 Å². The van der Waals surface area contributed by atoms with Gasteiger partial charge in [-0.15, -0.1) is 10.2 Å². The van der Waals surface area contributed by atoms with Gasteiger partial charge in [-0.05, 0) is 32.1 Å². The summed E-state index contributed by atoms with van der Waals surface area (Å²) in [5.74, 6) is 0.749. The van der Waals surface area contributed by atoms with Crippen molar-refractivity contribution in [3.63, 3.8) is 0 Å². The van der Waals surface area contributed by atoms with E-state index in [1.54, 1.807) is 0 Å². The molecule has 0 unspecified atom stereocenters. The van der Waals surface area contributed by atoms with Crippen molar-refractivity contribution in [2.45, 2.75) is 43.3 Å². The number of rotatable bonds is 5. The van der Waals surface area contributed by atoms with Gasteiger partial charge in [0.25, 0.3) is 0 Å². The van der Waals surface area contributed by atoms with Gasteiger partial charge in [-0.25, -0.2) is 4.79 Å². The maximum absolute atomic E-state index is 11.7. The molecule has 1 aromatic rings. The van der Waals surface area contributed by atoms with Crippen LogP contribution in [0.25, 0.3) is 0 Å². The number of piperidine rings is 1. The molecule has 8 nitrogen and oxygen atoms in total. The Hall–Kier alpha value is -1.77. The molecule has 126 valence electrons. The van der Waals surface area contributed by atoms with Crippen LogP contribution in [0.15, 0.2) is 5.16 Å². The van der Waals surface area contributed by atoms with Crippen LogP contribution in [0, 0.1) is 0 Å². The van der Waals surface area contributed by atoms with Crippen LogP contribution < -0.4 is 15.5 Å². The van der Waals surface area contributed by atoms with Gasteiger partial charge in [0, 0.05) is 26.2 Å². The molecule has 0 atom stereocenters. The lowest BCUT2D eigenvalue weighted by Gasteiger charge is -2.27. The summed E-state index contributed by atoms with van der Waals surface area (Å²) in [7, 11) is 1.48. The average Bonchev–Trinajstić information content (AvgIpc) is 3.33. The monoisotopic (exact) mass is 338 g/mol. The first-order valence-electron chi connectivity index (χ1n) is 8.03. The van der Waals surface area contributed by atoms with E-state index < -0.39 is 6.03 Å². The van der Waals surface area contributed by atoms with E-state index in [4.69, 9.17) is 0 Å². The van der Waals surface area contributed by atoms with Crippen LogP contribution in [0.2, 0.25) is 0 Å². The van der Waals surface area contributed by atoms with E-state index >= 15 is 0 Å². The zero-order valence-corrected chi connectivity index (χ0v) is 14.1. The first kappa shape index (κ1) is 16.1. The molecule has 2 heterocycles. The molecule has 2 N–H and O–H groups in total. The predicted molar refractivity (Wildman–Crippen MR) is 87.7 cm³/mol. The second-order valence-electron chi connectivity index (χ2n) is 5.85. The van der Waals surface area contributed by atoms with Gasteiger partial charge in [0.2, 0.25) is 11.9 Å². The third kappa shape index (κ3) is 3.95. The lowest BCUT2D eigenvalue weighted by atomic mass is 10.1. The Balaban J connectivity index is 1.66. The lowest BCUT2D eigenvalue weighted by Crippen LogP contribution is -2.38. The molecule has 1 aliphatic heterocycles. The highest BCUT2D eigenvalue weighted by molar-refractivity contribution is 7.99. The molecular formula is C14H22N6O2S. The summed E-state index contributed by atoms with van der Waals surface area (Å²) in [6.07, 6.45) is 5.92. The van der Waals surface area contributed by atoms with Crippen molar-refractivity contribution in [3.8, 4) is 0 Å². The molecule has 1 aromatic heterocycles. The van der Waals surface area contributed by atoms with Crippen LogP contribution in [0.4, 0.5) is 10.7 Å². The Morgan fingerprint density at radius 2 is 1.96 bits per heavy atom. The highest BCUT2D eigenvalue weighted by atomic mass is 32.2. The molecule has 0 radical (unpaired) electrons. The van der Waals surface area contributed by atoms with E-state index in [0.29, 0.717) is 6.04 Å². The van der Waals surface area contributed by atoms with Crippen LogP contribution in [0.3, 0.4) is 0 Å². The summed E-state index contributed by atoms with van der Waals surface area (Å²) in [6.45, 7) is 2.04. The summed E-state index contributed by atoms with van der Waals surface area (Å²) >= 11 is 1.33. The van der Waals surface area contributed by atoms with Crippen molar-refractivity contribution < 1.29 is 9.59 Å². The van der Waals surface area contributed by atoms with E-state index in [0.717, 1.165) is 37.0 Å². The zero-order valence-electron chi connectivity index (χ0n) is 13.2. The summed E-state index contributed by atoms with van der Waals surface area (Å²) in [6, 6.07) is -0.0420. The molecule has 1 saturated heterocycles. The molecule has 0 spiro atoms. The van der Waals surface area contributed by atoms with Gasteiger partial charge in [0.05, 0.1) is 5.75 Å². The van der Waals surface area contributed by atoms with Crippen molar-refractivity contribution in [3.05, 3.63) is 0 Å². The molecule has 3 rings (SSSR count). The Morgan fingerprint density at radius 1 is 1.22 bits per heavy atom. The van der Waals surface area contributed by atoms with Crippen LogP contribution in [0.5, 0.6) is 0 Å². The summed E-state index contributed by atoms with van der Waals surface area (Å²) in [4.78, 5) is 25.2. The quantitative estimate of drug-likeness (QED) is 0.783. The summed E-state index contributed by atoms with van der Waals surface area (Å²) < 4.78 is 2.17. The minimum Gasteiger partial charge on any atom is -0.341 e. The standard InChI is InChI=1S/C14H22N6O2S/c1-15-12(22)16-11(21)9-23-14-18-17-13(20(14)10-5-6-10)19-7-3-2-4-8-19/h10H,2-9H2,1H3,(H2,15,16,21,22). The molecule has 0 bridgehead atoms. The van der Waals surface area contributed by atoms with E-state index in [-0.39, 0.29) is 11.7 Å². The Kier molecular flexibility index (Phi) is 5.04. The molecule has 1 saturated carbocycles. The highest BCUT2D eigenvalue weighted by Gasteiger charge is 2.32. The normalized spacial score (nSPS) is 17.9. The maximum Gasteiger partial charge on any atom is 0.321 e. The molecule has 1 aliphatic carbocycles. The smallest absolute Gasteiger partial charge is 0.321 e. The van der Waals surface area contributed by atoms with Gasteiger partial charge in [0.15, 0.2) is 5.16 Å². The first-order chi connectivity index (χ1) is 11.2. The molecule has 2 aliphatic rings. The SMILES string of the molecule is CNC(=O)NC(=O)CSc1nnc(N2CCCCC2)n1C1CC1. The zero-order chi connectivity index (χ0) is 16.2. The molecule has 9 heteroatoms. The number of hydrogen-bond acceptors (Lipinski definition) is 6. The van der Waals surface area contributed by atoms with Crippen molar-refractivity contribution in [1.29, 1.82) is 0 Å². The fourth-order valence-corrected chi connectivity index (χ4v) is 3.49. The van der Waals surface area contributed by atoms with Gasteiger partial charge < -0.3 is 10.2 Å². The fourth-order valence-electron chi connectivity index (χ4n) is 2.68. The Labute approximate surface area is 139 Å². The van der Waals surface area contributed by atoms with Gasteiger partial charge in [0.1, 0.15) is 0 Å². The predicted octanol–water partition coefficient (Wildman–Crippen LogP) is 1.15. The number of carbonyl (C=O) groups excluding carboxylic acids is 2. The minimum absolute atomic E-state index is 0.151. The van der Waals surface area contributed by atoms with Crippen molar-refractivity contribution in [1.82, 2.24) is 25.4 Å². The van der Waals surface area contributed by atoms with Crippen molar-refractivity contribution in [2.24, 2.45) is 0 Å². The van der Waals surface area contributed by atoms with Crippen LogP contribution >= 0.6 is 11.8 Å². The number of hydrogen-bond donors (Lipinski definition) is 2. The van der Waals surface area contributed by atoms with E-state index in [2.05, 4.69) is 30.3 Å². The van der Waals surface area contributed by atoms with Crippen LogP contribution in [-0.4, -0.2) is 52.6 Å². The molecular weight excluding hydrogens is 316 g/mol. The highest BCUT2D eigenvalue weighted by Crippen LogP contribution is 2.41. The number of amides is 3. The van der Waals surface area contributed by atoms with Gasteiger partial charge in [-0.1, -0.05) is 11.8 Å². The molecule has 23 heavy (non-hydrogen) atoms. The molecule has 3 amide bonds. The molecule has 2 fully saturated rings. The average molecular weight is 338 g/mol. The number of carbonyl (C=O) groups is 2. The van der Waals surface area contributed by atoms with Gasteiger partial charge in [-0.3, -0.25) is 14.7 Å². The minimum atomic E-state index is -0.492. The number of urea groups is 1. The van der Waals surface area contributed by atoms with Gasteiger partial charge >= 0.3 is 6.03 Å². The second-order valence-corrected chi connectivity index (χ2v) is 6.79. The Bertz CT molecular complexity index is 580. The Morgan fingerprint density at radius 3 is 2.61 bits per heavy atom. The number of aromatic nitrogens is 3. The van der Waals surface area contributed by atoms with Crippen molar-refractivity contribution in [2.75, 3.05) is 30.8 Å². The maximum atomic E-state index is 11.7. The largest absolute Gasteiger partial charge is 0.341 e. The van der Waals surface area contributed by atoms with Crippen molar-refractivity contribution >= 4 is 29.6 Å². The topological polar surface area (TPSA) is 92.2 Å².